The van der Waals surface area contributed by atoms with E-state index in [2.05, 4.69) is 9.97 Å². The molecule has 1 aromatic heterocycles. The van der Waals surface area contributed by atoms with Gasteiger partial charge >= 0.3 is 6.18 Å². The third-order valence-corrected chi connectivity index (χ3v) is 3.67. The van der Waals surface area contributed by atoms with E-state index in [1.807, 2.05) is 35.2 Å². The molecular formula is C15H14F3N3. The zero-order valence-electron chi connectivity index (χ0n) is 11.2. The Morgan fingerprint density at radius 2 is 1.86 bits per heavy atom. The van der Waals surface area contributed by atoms with Gasteiger partial charge in [0.05, 0.1) is 6.04 Å². The largest absolute Gasteiger partial charge is 0.433 e. The molecule has 0 bridgehead atoms. The van der Waals surface area contributed by atoms with Crippen LogP contribution in [0.15, 0.2) is 42.7 Å². The molecule has 1 aliphatic rings. The average molecular weight is 293 g/mol. The van der Waals surface area contributed by atoms with E-state index >= 15 is 0 Å². The fraction of sp³-hybridized carbons (Fsp3) is 0.333. The number of alkyl halides is 3. The van der Waals surface area contributed by atoms with Crippen molar-refractivity contribution in [2.75, 3.05) is 11.4 Å². The smallest absolute Gasteiger partial charge is 0.349 e. The standard InChI is InChI=1S/C15H14F3N3/c16-15(17,18)13-9-14(20-10-19-13)21-8-4-7-12(21)11-5-2-1-3-6-11/h1-3,5-6,9-10,12H,4,7-8H2. The molecule has 3 rings (SSSR count). The van der Waals surface area contributed by atoms with Crippen molar-refractivity contribution < 1.29 is 13.2 Å². The first-order valence-corrected chi connectivity index (χ1v) is 6.76. The second-order valence-corrected chi connectivity index (χ2v) is 5.02. The molecule has 0 N–H and O–H groups in total. The van der Waals surface area contributed by atoms with Crippen LogP contribution in [0.5, 0.6) is 0 Å². The van der Waals surface area contributed by atoms with Gasteiger partial charge in [0.15, 0.2) is 0 Å². The lowest BCUT2D eigenvalue weighted by molar-refractivity contribution is -0.141. The van der Waals surface area contributed by atoms with E-state index in [4.69, 9.17) is 0 Å². The first-order chi connectivity index (χ1) is 10.1. The average Bonchev–Trinajstić information content (AvgIpc) is 2.97. The molecule has 21 heavy (non-hydrogen) atoms. The monoisotopic (exact) mass is 293 g/mol. The zero-order chi connectivity index (χ0) is 14.9. The van der Waals surface area contributed by atoms with Gasteiger partial charge in [-0.15, -0.1) is 0 Å². The van der Waals surface area contributed by atoms with E-state index in [1.165, 1.54) is 0 Å². The van der Waals surface area contributed by atoms with E-state index in [9.17, 15) is 13.2 Å². The summed E-state index contributed by atoms with van der Waals surface area (Å²) in [7, 11) is 0. The maximum Gasteiger partial charge on any atom is 0.433 e. The zero-order valence-corrected chi connectivity index (χ0v) is 11.2. The van der Waals surface area contributed by atoms with Crippen molar-refractivity contribution in [3.8, 4) is 0 Å². The Kier molecular flexibility index (Phi) is 3.53. The van der Waals surface area contributed by atoms with Crippen LogP contribution in [-0.4, -0.2) is 16.5 Å². The summed E-state index contributed by atoms with van der Waals surface area (Å²) in [4.78, 5) is 9.27. The highest BCUT2D eigenvalue weighted by molar-refractivity contribution is 5.44. The number of rotatable bonds is 2. The van der Waals surface area contributed by atoms with Gasteiger partial charge in [0.2, 0.25) is 0 Å². The predicted octanol–water partition coefficient (Wildman–Crippen LogP) is 3.84. The normalized spacial score (nSPS) is 19.0. The maximum atomic E-state index is 12.8. The molecule has 1 fully saturated rings. The van der Waals surface area contributed by atoms with Crippen molar-refractivity contribution in [2.24, 2.45) is 0 Å². The van der Waals surface area contributed by atoms with E-state index in [0.717, 1.165) is 30.8 Å². The minimum Gasteiger partial charge on any atom is -0.349 e. The molecule has 0 amide bonds. The summed E-state index contributed by atoms with van der Waals surface area (Å²) in [6.07, 6.45) is -1.61. The second kappa shape index (κ2) is 5.35. The summed E-state index contributed by atoms with van der Waals surface area (Å²) in [6, 6.07) is 10.9. The molecule has 2 heterocycles. The first kappa shape index (κ1) is 13.9. The summed E-state index contributed by atoms with van der Waals surface area (Å²) in [5.74, 6) is 0.337. The second-order valence-electron chi connectivity index (χ2n) is 5.02. The molecule has 1 aromatic carbocycles. The van der Waals surface area contributed by atoms with Gasteiger partial charge in [-0.2, -0.15) is 13.2 Å². The molecule has 1 saturated heterocycles. The van der Waals surface area contributed by atoms with Crippen LogP contribution in [0.2, 0.25) is 0 Å². The Bertz CT molecular complexity index is 613. The van der Waals surface area contributed by atoms with Gasteiger partial charge in [-0.25, -0.2) is 9.97 Å². The third-order valence-electron chi connectivity index (χ3n) is 3.67. The summed E-state index contributed by atoms with van der Waals surface area (Å²) in [5.41, 5.74) is 0.202. The highest BCUT2D eigenvalue weighted by atomic mass is 19.4. The lowest BCUT2D eigenvalue weighted by atomic mass is 10.0. The maximum absolute atomic E-state index is 12.8. The summed E-state index contributed by atoms with van der Waals surface area (Å²) in [6.45, 7) is 0.702. The lowest BCUT2D eigenvalue weighted by Gasteiger charge is -2.26. The number of hydrogen-bond donors (Lipinski definition) is 0. The predicted molar refractivity (Wildman–Crippen MR) is 72.8 cm³/mol. The number of benzene rings is 1. The fourth-order valence-corrected chi connectivity index (χ4v) is 2.72. The molecule has 110 valence electrons. The lowest BCUT2D eigenvalue weighted by Crippen LogP contribution is -2.24. The molecule has 1 aliphatic heterocycles. The molecule has 6 heteroatoms. The summed E-state index contributed by atoms with van der Waals surface area (Å²) < 4.78 is 38.3. The SMILES string of the molecule is FC(F)(F)c1cc(N2CCCC2c2ccccc2)ncn1. The van der Waals surface area contributed by atoms with Crippen molar-refractivity contribution in [1.82, 2.24) is 9.97 Å². The van der Waals surface area contributed by atoms with E-state index in [0.29, 0.717) is 12.4 Å². The van der Waals surface area contributed by atoms with Crippen LogP contribution in [0.4, 0.5) is 19.0 Å². The number of hydrogen-bond acceptors (Lipinski definition) is 3. The van der Waals surface area contributed by atoms with E-state index in [-0.39, 0.29) is 6.04 Å². The van der Waals surface area contributed by atoms with Crippen molar-refractivity contribution in [3.63, 3.8) is 0 Å². The van der Waals surface area contributed by atoms with Crippen molar-refractivity contribution in [1.29, 1.82) is 0 Å². The van der Waals surface area contributed by atoms with Crippen molar-refractivity contribution in [3.05, 3.63) is 54.0 Å². The quantitative estimate of drug-likeness (QED) is 0.842. The number of halogens is 3. The third kappa shape index (κ3) is 2.84. The Balaban J connectivity index is 1.93. The number of aromatic nitrogens is 2. The molecular weight excluding hydrogens is 279 g/mol. The Morgan fingerprint density at radius 3 is 2.57 bits per heavy atom. The molecule has 0 radical (unpaired) electrons. The summed E-state index contributed by atoms with van der Waals surface area (Å²) >= 11 is 0. The van der Waals surface area contributed by atoms with Crippen molar-refractivity contribution >= 4 is 5.82 Å². The topological polar surface area (TPSA) is 29.0 Å². The molecule has 2 aromatic rings. The van der Waals surface area contributed by atoms with Crippen LogP contribution in [0.1, 0.15) is 30.1 Å². The molecule has 3 nitrogen and oxygen atoms in total. The molecule has 1 unspecified atom stereocenters. The number of anilines is 1. The van der Waals surface area contributed by atoms with Crippen LogP contribution in [-0.2, 0) is 6.18 Å². The Morgan fingerprint density at radius 1 is 1.10 bits per heavy atom. The van der Waals surface area contributed by atoms with Crippen LogP contribution in [0, 0.1) is 0 Å². The van der Waals surface area contributed by atoms with Gasteiger partial charge in [0, 0.05) is 12.6 Å². The van der Waals surface area contributed by atoms with Gasteiger partial charge in [-0.3, -0.25) is 0 Å². The highest BCUT2D eigenvalue weighted by Gasteiger charge is 2.34. The Labute approximate surface area is 120 Å². The first-order valence-electron chi connectivity index (χ1n) is 6.76. The summed E-state index contributed by atoms with van der Waals surface area (Å²) in [5, 5.41) is 0. The molecule has 1 atom stereocenters. The minimum atomic E-state index is -4.44. The minimum absolute atomic E-state index is 0.0715. The van der Waals surface area contributed by atoms with Gasteiger partial charge in [0.1, 0.15) is 17.8 Å². The van der Waals surface area contributed by atoms with Crippen molar-refractivity contribution in [2.45, 2.75) is 25.1 Å². The fourth-order valence-electron chi connectivity index (χ4n) is 2.72. The van der Waals surface area contributed by atoms with Gasteiger partial charge in [0.25, 0.3) is 0 Å². The van der Waals surface area contributed by atoms with Crippen LogP contribution < -0.4 is 4.90 Å². The van der Waals surface area contributed by atoms with Crippen LogP contribution >= 0.6 is 0 Å². The van der Waals surface area contributed by atoms with Crippen LogP contribution in [0.3, 0.4) is 0 Å². The highest BCUT2D eigenvalue weighted by Crippen LogP contribution is 2.36. The van der Waals surface area contributed by atoms with E-state index < -0.39 is 11.9 Å². The molecule has 0 saturated carbocycles. The van der Waals surface area contributed by atoms with Gasteiger partial charge < -0.3 is 4.90 Å². The number of nitrogens with zero attached hydrogens (tertiary/aromatic N) is 3. The van der Waals surface area contributed by atoms with Gasteiger partial charge in [-0.05, 0) is 18.4 Å². The molecule has 0 aliphatic carbocycles. The van der Waals surface area contributed by atoms with Gasteiger partial charge in [-0.1, -0.05) is 30.3 Å². The Hall–Kier alpha value is -2.11. The van der Waals surface area contributed by atoms with E-state index in [1.54, 1.807) is 0 Å². The van der Waals surface area contributed by atoms with Crippen LogP contribution in [0.25, 0.3) is 0 Å². The molecule has 0 spiro atoms.